The summed E-state index contributed by atoms with van der Waals surface area (Å²) in [5, 5.41) is 15.5. The van der Waals surface area contributed by atoms with Crippen molar-refractivity contribution in [1.82, 2.24) is 25.4 Å². The highest BCUT2D eigenvalue weighted by Crippen LogP contribution is 2.42. The van der Waals surface area contributed by atoms with Crippen LogP contribution in [0.25, 0.3) is 5.57 Å². The molecule has 0 radical (unpaired) electrons. The third-order valence-corrected chi connectivity index (χ3v) is 7.22. The van der Waals surface area contributed by atoms with Crippen molar-refractivity contribution in [2.75, 3.05) is 19.6 Å². The van der Waals surface area contributed by atoms with Crippen LogP contribution < -0.4 is 10.6 Å². The van der Waals surface area contributed by atoms with Crippen molar-refractivity contribution in [2.45, 2.75) is 70.6 Å². The van der Waals surface area contributed by atoms with E-state index in [1.165, 1.54) is 11.1 Å². The highest BCUT2D eigenvalue weighted by Gasteiger charge is 2.42. The lowest BCUT2D eigenvalue weighted by molar-refractivity contribution is -0.0877. The van der Waals surface area contributed by atoms with Crippen molar-refractivity contribution in [3.05, 3.63) is 33.4 Å². The number of carbonyl (C=O) groups excluding carboxylic acids is 2. The van der Waals surface area contributed by atoms with Gasteiger partial charge in [-0.05, 0) is 46.6 Å². The molecule has 0 saturated carbocycles. The Hall–Kier alpha value is -2.44. The van der Waals surface area contributed by atoms with Crippen LogP contribution in [0.1, 0.15) is 65.7 Å². The quantitative estimate of drug-likeness (QED) is 0.573. The number of amides is 2. The molecule has 12 heteroatoms. The largest absolute Gasteiger partial charge is 0.416 e. The molecule has 1 aromatic rings. The number of alkyl halides is 3. The monoisotopic (exact) mass is 513 g/mol. The van der Waals surface area contributed by atoms with Crippen LogP contribution in [-0.2, 0) is 0 Å². The van der Waals surface area contributed by atoms with Gasteiger partial charge in [-0.3, -0.25) is 14.9 Å². The van der Waals surface area contributed by atoms with Crippen molar-refractivity contribution < 1.29 is 27.9 Å². The third-order valence-electron chi connectivity index (χ3n) is 6.15. The zero-order valence-electron chi connectivity index (χ0n) is 20.1. The van der Waals surface area contributed by atoms with E-state index in [2.05, 4.69) is 15.6 Å². The Morgan fingerprint density at radius 3 is 2.46 bits per heavy atom. The summed E-state index contributed by atoms with van der Waals surface area (Å²) in [5.41, 5.74) is -1.73. The first-order valence-corrected chi connectivity index (χ1v) is 12.4. The topological polar surface area (TPSA) is 97.8 Å². The fraction of sp³-hybridized carbons (Fsp3) is 0.609. The molecule has 2 atom stereocenters. The zero-order chi connectivity index (χ0) is 25.7. The lowest BCUT2D eigenvalue weighted by Crippen LogP contribution is -2.53. The van der Waals surface area contributed by atoms with Crippen LogP contribution in [0.2, 0.25) is 0 Å². The van der Waals surface area contributed by atoms with Gasteiger partial charge in [0.2, 0.25) is 0 Å². The lowest BCUT2D eigenvalue weighted by Gasteiger charge is -2.35. The Morgan fingerprint density at radius 1 is 1.23 bits per heavy atom. The highest BCUT2D eigenvalue weighted by molar-refractivity contribution is 7.15. The van der Waals surface area contributed by atoms with Gasteiger partial charge in [-0.25, -0.2) is 4.98 Å². The second-order valence-corrected chi connectivity index (χ2v) is 11.2. The van der Waals surface area contributed by atoms with Gasteiger partial charge >= 0.3 is 6.18 Å². The number of aliphatic hydroxyl groups is 1. The van der Waals surface area contributed by atoms with Crippen LogP contribution in [0.15, 0.2) is 17.8 Å². The fourth-order valence-electron chi connectivity index (χ4n) is 4.41. The molecule has 4 rings (SSSR count). The fourth-order valence-corrected chi connectivity index (χ4v) is 5.46. The number of carbonyl (C=O) groups is 2. The van der Waals surface area contributed by atoms with E-state index >= 15 is 0 Å². The number of hydrogen-bond acceptors (Lipinski definition) is 7. The van der Waals surface area contributed by atoms with Crippen molar-refractivity contribution in [2.24, 2.45) is 0 Å². The van der Waals surface area contributed by atoms with E-state index in [4.69, 9.17) is 0 Å². The van der Waals surface area contributed by atoms with Crippen molar-refractivity contribution in [3.63, 3.8) is 0 Å². The summed E-state index contributed by atoms with van der Waals surface area (Å²) in [6.07, 6.45) is -2.22. The maximum atomic E-state index is 14.2. The maximum Gasteiger partial charge on any atom is 0.416 e. The zero-order valence-corrected chi connectivity index (χ0v) is 20.9. The van der Waals surface area contributed by atoms with Crippen LogP contribution in [0, 0.1) is 0 Å². The first-order valence-electron chi connectivity index (χ1n) is 11.6. The maximum absolute atomic E-state index is 14.2. The van der Waals surface area contributed by atoms with Crippen LogP contribution in [0.3, 0.4) is 0 Å². The Kier molecular flexibility index (Phi) is 6.75. The summed E-state index contributed by atoms with van der Waals surface area (Å²) in [4.78, 5) is 33.5. The minimum absolute atomic E-state index is 0.00352. The number of likely N-dealkylation sites (tertiary alicyclic amines) is 2. The molecule has 3 N–H and O–H groups in total. The van der Waals surface area contributed by atoms with E-state index in [1.807, 2.05) is 27.7 Å². The molecule has 8 nitrogen and oxygen atoms in total. The highest BCUT2D eigenvalue weighted by atomic mass is 32.1. The predicted octanol–water partition coefficient (Wildman–Crippen LogP) is 2.73. The summed E-state index contributed by atoms with van der Waals surface area (Å²) < 4.78 is 42.6. The molecule has 0 bridgehead atoms. The first kappa shape index (κ1) is 25.6. The molecule has 192 valence electrons. The summed E-state index contributed by atoms with van der Waals surface area (Å²) in [6.45, 7) is 8.14. The molecule has 0 aliphatic carbocycles. The number of aromatic nitrogens is 1. The molecule has 2 saturated heterocycles. The van der Waals surface area contributed by atoms with E-state index in [1.54, 1.807) is 4.90 Å². The smallest absolute Gasteiger partial charge is 0.389 e. The second kappa shape index (κ2) is 9.21. The summed E-state index contributed by atoms with van der Waals surface area (Å²) >= 11 is 0.775. The Morgan fingerprint density at radius 2 is 1.91 bits per heavy atom. The van der Waals surface area contributed by atoms with E-state index in [-0.39, 0.29) is 40.3 Å². The van der Waals surface area contributed by atoms with Gasteiger partial charge in [-0.1, -0.05) is 0 Å². The van der Waals surface area contributed by atoms with E-state index in [0.717, 1.165) is 30.3 Å². The molecule has 2 amide bonds. The Bertz CT molecular complexity index is 1070. The van der Waals surface area contributed by atoms with Crippen LogP contribution in [-0.4, -0.2) is 81.4 Å². The van der Waals surface area contributed by atoms with Gasteiger partial charge in [0.05, 0.1) is 22.7 Å². The second-order valence-electron chi connectivity index (χ2n) is 10.2. The lowest BCUT2D eigenvalue weighted by atomic mass is 9.98. The number of rotatable bonds is 4. The predicted molar refractivity (Wildman–Crippen MR) is 126 cm³/mol. The number of halogens is 3. The molecular weight excluding hydrogens is 483 g/mol. The molecule has 0 spiro atoms. The number of thiazole rings is 1. The molecule has 2 unspecified atom stereocenters. The standard InChI is InChI=1S/C23H30F3N5O3S/c1-12-6-5-7-31(12)20(33)17-18(35-19(28-17)21(34)30-10-13(32)11-30)14-9-27-16(29-22(2,3)4)8-15(14)23(24,25)26/h8-9,12-13,16,27,29,32H,5-7,10-11H2,1-4H3. The van der Waals surface area contributed by atoms with Crippen LogP contribution in [0.5, 0.6) is 0 Å². The van der Waals surface area contributed by atoms with Gasteiger partial charge < -0.3 is 20.2 Å². The van der Waals surface area contributed by atoms with Crippen molar-refractivity contribution >= 4 is 28.7 Å². The molecule has 3 aliphatic rings. The van der Waals surface area contributed by atoms with Crippen LogP contribution >= 0.6 is 11.3 Å². The average Bonchev–Trinajstić information content (AvgIpc) is 3.35. The number of dihydropyridines is 1. The summed E-state index contributed by atoms with van der Waals surface area (Å²) in [5.74, 6) is -0.995. The van der Waals surface area contributed by atoms with E-state index in [9.17, 15) is 27.9 Å². The minimum Gasteiger partial charge on any atom is -0.389 e. The molecule has 4 heterocycles. The first-order chi connectivity index (χ1) is 16.2. The summed E-state index contributed by atoms with van der Waals surface area (Å²) in [6, 6.07) is -0.0711. The molecule has 3 aliphatic heterocycles. The van der Waals surface area contributed by atoms with Gasteiger partial charge in [-0.2, -0.15) is 13.2 Å². The Labute approximate surface area is 205 Å². The van der Waals surface area contributed by atoms with Crippen molar-refractivity contribution in [3.8, 4) is 0 Å². The van der Waals surface area contributed by atoms with E-state index in [0.29, 0.717) is 6.54 Å². The van der Waals surface area contributed by atoms with E-state index < -0.39 is 41.4 Å². The average molecular weight is 514 g/mol. The third kappa shape index (κ3) is 5.39. The SMILES string of the molecule is CC1CCCN1C(=O)c1nc(C(=O)N2CC(O)C2)sc1C1=CNC(NC(C)(C)C)C=C1C(F)(F)F. The number of aliphatic hydroxyl groups excluding tert-OH is 1. The van der Waals surface area contributed by atoms with Gasteiger partial charge in [0.15, 0.2) is 5.01 Å². The number of hydrogen-bond donors (Lipinski definition) is 3. The summed E-state index contributed by atoms with van der Waals surface area (Å²) in [7, 11) is 0. The number of nitrogens with one attached hydrogen (secondary N) is 2. The van der Waals surface area contributed by atoms with Gasteiger partial charge in [0, 0.05) is 43.0 Å². The van der Waals surface area contributed by atoms with Crippen LogP contribution in [0.4, 0.5) is 13.2 Å². The number of β-amino-alcohol motifs (C(OH)–C–C–N with tert-alkyl or cyclic N) is 1. The molecule has 35 heavy (non-hydrogen) atoms. The molecule has 0 aromatic carbocycles. The van der Waals surface area contributed by atoms with Crippen molar-refractivity contribution in [1.29, 1.82) is 0 Å². The Balaban J connectivity index is 1.75. The molecular formula is C23H30F3N5O3S. The normalized spacial score (nSPS) is 23.5. The minimum atomic E-state index is -4.69. The number of nitrogens with zero attached hydrogens (tertiary/aromatic N) is 3. The number of allylic oxidation sites excluding steroid dienone is 2. The molecule has 1 aromatic heterocycles. The van der Waals surface area contributed by atoms with Gasteiger partial charge in [0.1, 0.15) is 5.69 Å². The van der Waals surface area contributed by atoms with Gasteiger partial charge in [0.25, 0.3) is 11.8 Å². The van der Waals surface area contributed by atoms with Gasteiger partial charge in [-0.15, -0.1) is 11.3 Å². The molecule has 2 fully saturated rings.